The summed E-state index contributed by atoms with van der Waals surface area (Å²) in [4.78, 5) is 4.15. The fourth-order valence-corrected chi connectivity index (χ4v) is 2.72. The van der Waals surface area contributed by atoms with Crippen molar-refractivity contribution in [1.29, 1.82) is 0 Å². The Bertz CT molecular complexity index is 473. The van der Waals surface area contributed by atoms with Gasteiger partial charge in [0.25, 0.3) is 0 Å². The topological polar surface area (TPSA) is 24.9 Å². The van der Waals surface area contributed by atoms with Gasteiger partial charge in [-0.25, -0.2) is 9.37 Å². The summed E-state index contributed by atoms with van der Waals surface area (Å²) in [5.41, 5.74) is 1.01. The van der Waals surface area contributed by atoms with Crippen molar-refractivity contribution in [2.75, 3.05) is 5.32 Å². The van der Waals surface area contributed by atoms with Crippen molar-refractivity contribution in [2.45, 2.75) is 13.0 Å². The zero-order valence-electron chi connectivity index (χ0n) is 8.58. The molecule has 1 unspecified atom stereocenters. The van der Waals surface area contributed by atoms with Crippen LogP contribution in [0.4, 0.5) is 9.52 Å². The molecule has 1 aromatic carbocycles. The first-order chi connectivity index (χ1) is 7.66. The van der Waals surface area contributed by atoms with Crippen molar-refractivity contribution >= 4 is 32.4 Å². The monoisotopic (exact) mass is 300 g/mol. The van der Waals surface area contributed by atoms with E-state index in [9.17, 15) is 4.39 Å². The Labute approximate surface area is 106 Å². The van der Waals surface area contributed by atoms with E-state index in [4.69, 9.17) is 0 Å². The second-order valence-electron chi connectivity index (χ2n) is 3.37. The zero-order valence-corrected chi connectivity index (χ0v) is 11.0. The van der Waals surface area contributed by atoms with Gasteiger partial charge in [0, 0.05) is 16.0 Å². The Hall–Kier alpha value is -0.940. The number of nitrogens with one attached hydrogen (secondary N) is 1. The lowest BCUT2D eigenvalue weighted by atomic mass is 10.1. The molecule has 1 heterocycles. The van der Waals surface area contributed by atoms with E-state index < -0.39 is 0 Å². The summed E-state index contributed by atoms with van der Waals surface area (Å²) in [5.74, 6) is -0.239. The van der Waals surface area contributed by atoms with Gasteiger partial charge in [-0.15, -0.1) is 11.3 Å². The molecule has 2 nitrogen and oxygen atoms in total. The number of aromatic nitrogens is 1. The van der Waals surface area contributed by atoms with Crippen LogP contribution in [0.1, 0.15) is 18.5 Å². The van der Waals surface area contributed by atoms with Gasteiger partial charge in [0.15, 0.2) is 5.13 Å². The fraction of sp³-hybridized carbons (Fsp3) is 0.182. The molecule has 0 saturated carbocycles. The molecule has 0 aliphatic rings. The third-order valence-electron chi connectivity index (χ3n) is 2.20. The summed E-state index contributed by atoms with van der Waals surface area (Å²) in [5, 5.41) is 6.03. The predicted octanol–water partition coefficient (Wildman–Crippen LogP) is 4.22. The van der Waals surface area contributed by atoms with E-state index in [0.29, 0.717) is 0 Å². The fourth-order valence-electron chi connectivity index (χ4n) is 1.41. The smallest absolute Gasteiger partial charge is 0.183 e. The van der Waals surface area contributed by atoms with Gasteiger partial charge in [0.1, 0.15) is 5.82 Å². The van der Waals surface area contributed by atoms with Crippen molar-refractivity contribution in [2.24, 2.45) is 0 Å². The minimum Gasteiger partial charge on any atom is -0.355 e. The number of rotatable bonds is 3. The van der Waals surface area contributed by atoms with E-state index in [1.165, 1.54) is 12.1 Å². The lowest BCUT2D eigenvalue weighted by Gasteiger charge is -2.14. The standard InChI is InChI=1S/C11H10BrFN2S/c1-7(15-11-14-4-5-16-11)9-3-2-8(13)6-10(9)12/h2-7H,1H3,(H,14,15). The summed E-state index contributed by atoms with van der Waals surface area (Å²) in [6, 6.07) is 4.78. The molecule has 0 radical (unpaired) electrons. The largest absolute Gasteiger partial charge is 0.355 e. The molecule has 5 heteroatoms. The first-order valence-electron chi connectivity index (χ1n) is 4.78. The van der Waals surface area contributed by atoms with Crippen LogP contribution in [0.5, 0.6) is 0 Å². The van der Waals surface area contributed by atoms with Crippen LogP contribution in [0.3, 0.4) is 0 Å². The number of nitrogens with zero attached hydrogens (tertiary/aromatic N) is 1. The number of hydrogen-bond acceptors (Lipinski definition) is 3. The SMILES string of the molecule is CC(Nc1nccs1)c1ccc(F)cc1Br. The highest BCUT2D eigenvalue weighted by molar-refractivity contribution is 9.10. The van der Waals surface area contributed by atoms with Crippen LogP contribution in [0.15, 0.2) is 34.2 Å². The van der Waals surface area contributed by atoms with Gasteiger partial charge in [0.05, 0.1) is 6.04 Å². The Morgan fingerprint density at radius 2 is 2.31 bits per heavy atom. The van der Waals surface area contributed by atoms with E-state index in [1.54, 1.807) is 23.6 Å². The summed E-state index contributed by atoms with van der Waals surface area (Å²) in [7, 11) is 0. The minimum absolute atomic E-state index is 0.0844. The summed E-state index contributed by atoms with van der Waals surface area (Å²) >= 11 is 4.90. The molecule has 0 fully saturated rings. The van der Waals surface area contributed by atoms with Crippen LogP contribution in [0, 0.1) is 5.82 Å². The second kappa shape index (κ2) is 4.93. The molecule has 1 aromatic heterocycles. The molecule has 84 valence electrons. The maximum atomic E-state index is 12.9. The van der Waals surface area contributed by atoms with Gasteiger partial charge in [0.2, 0.25) is 0 Å². The van der Waals surface area contributed by atoms with Crippen LogP contribution in [0.25, 0.3) is 0 Å². The lowest BCUT2D eigenvalue weighted by Crippen LogP contribution is -2.07. The molecule has 0 amide bonds. The van der Waals surface area contributed by atoms with E-state index in [0.717, 1.165) is 15.2 Å². The summed E-state index contributed by atoms with van der Waals surface area (Å²) < 4.78 is 13.7. The van der Waals surface area contributed by atoms with Gasteiger partial charge >= 0.3 is 0 Å². The van der Waals surface area contributed by atoms with Gasteiger partial charge < -0.3 is 5.32 Å². The molecule has 0 bridgehead atoms. The molecular weight excluding hydrogens is 291 g/mol. The lowest BCUT2D eigenvalue weighted by molar-refractivity contribution is 0.625. The molecule has 0 spiro atoms. The number of halogens is 2. The van der Waals surface area contributed by atoms with E-state index in [2.05, 4.69) is 26.2 Å². The van der Waals surface area contributed by atoms with Crippen LogP contribution >= 0.6 is 27.3 Å². The van der Waals surface area contributed by atoms with E-state index in [-0.39, 0.29) is 11.9 Å². The molecule has 0 aliphatic carbocycles. The van der Waals surface area contributed by atoms with Crippen molar-refractivity contribution < 1.29 is 4.39 Å². The maximum absolute atomic E-state index is 12.9. The highest BCUT2D eigenvalue weighted by atomic mass is 79.9. The minimum atomic E-state index is -0.239. The summed E-state index contributed by atoms with van der Waals surface area (Å²) in [6.07, 6.45) is 1.75. The van der Waals surface area contributed by atoms with Gasteiger partial charge in [-0.2, -0.15) is 0 Å². The molecule has 2 rings (SSSR count). The van der Waals surface area contributed by atoms with Gasteiger partial charge in [-0.3, -0.25) is 0 Å². The number of thiazole rings is 1. The maximum Gasteiger partial charge on any atom is 0.183 e. The van der Waals surface area contributed by atoms with Crippen LogP contribution in [-0.4, -0.2) is 4.98 Å². The molecule has 0 saturated heterocycles. The number of hydrogen-bond donors (Lipinski definition) is 1. The molecule has 1 atom stereocenters. The van der Waals surface area contributed by atoms with Crippen LogP contribution in [0.2, 0.25) is 0 Å². The Morgan fingerprint density at radius 1 is 1.50 bits per heavy atom. The first kappa shape index (κ1) is 11.5. The predicted molar refractivity (Wildman–Crippen MR) is 68.3 cm³/mol. The van der Waals surface area contributed by atoms with E-state index >= 15 is 0 Å². The molecule has 0 aliphatic heterocycles. The molecule has 16 heavy (non-hydrogen) atoms. The van der Waals surface area contributed by atoms with Gasteiger partial charge in [-0.1, -0.05) is 22.0 Å². The zero-order chi connectivity index (χ0) is 11.5. The average Bonchev–Trinajstić information content (AvgIpc) is 2.70. The Balaban J connectivity index is 2.17. The van der Waals surface area contributed by atoms with Gasteiger partial charge in [-0.05, 0) is 24.6 Å². The second-order valence-corrected chi connectivity index (χ2v) is 5.12. The average molecular weight is 301 g/mol. The summed E-state index contributed by atoms with van der Waals surface area (Å²) in [6.45, 7) is 2.01. The van der Waals surface area contributed by atoms with Crippen LogP contribution in [-0.2, 0) is 0 Å². The van der Waals surface area contributed by atoms with Crippen molar-refractivity contribution in [3.8, 4) is 0 Å². The third-order valence-corrected chi connectivity index (χ3v) is 3.59. The first-order valence-corrected chi connectivity index (χ1v) is 6.45. The highest BCUT2D eigenvalue weighted by Gasteiger charge is 2.10. The van der Waals surface area contributed by atoms with E-state index in [1.807, 2.05) is 12.3 Å². The van der Waals surface area contributed by atoms with Crippen LogP contribution < -0.4 is 5.32 Å². The molecule has 1 N–H and O–H groups in total. The quantitative estimate of drug-likeness (QED) is 0.918. The number of anilines is 1. The van der Waals surface area contributed by atoms with Crippen molar-refractivity contribution in [3.63, 3.8) is 0 Å². The number of benzene rings is 1. The molecular formula is C11H10BrFN2S. The third kappa shape index (κ3) is 2.59. The Morgan fingerprint density at radius 3 is 2.94 bits per heavy atom. The van der Waals surface area contributed by atoms with Crippen molar-refractivity contribution in [1.82, 2.24) is 4.98 Å². The normalized spacial score (nSPS) is 12.4. The van der Waals surface area contributed by atoms with Crippen molar-refractivity contribution in [3.05, 3.63) is 45.6 Å². The molecule has 2 aromatic rings. The highest BCUT2D eigenvalue weighted by Crippen LogP contribution is 2.27. The Kier molecular flexibility index (Phi) is 3.56.